The number of sulfone groups is 1. The zero-order valence-electron chi connectivity index (χ0n) is 16.0. The van der Waals surface area contributed by atoms with Crippen molar-refractivity contribution in [3.63, 3.8) is 0 Å². The van der Waals surface area contributed by atoms with Crippen LogP contribution in [-0.2, 0) is 16.9 Å². The minimum absolute atomic E-state index is 0.215. The van der Waals surface area contributed by atoms with Gasteiger partial charge in [0.1, 0.15) is 0 Å². The Hall–Kier alpha value is -2.25. The molecule has 3 rings (SSSR count). The van der Waals surface area contributed by atoms with Gasteiger partial charge in [-0.2, -0.15) is 4.99 Å². The summed E-state index contributed by atoms with van der Waals surface area (Å²) in [5.41, 5.74) is 3.74. The van der Waals surface area contributed by atoms with Crippen molar-refractivity contribution >= 4 is 37.3 Å². The van der Waals surface area contributed by atoms with E-state index in [9.17, 15) is 13.2 Å². The summed E-state index contributed by atoms with van der Waals surface area (Å²) in [5.74, 6) is -0.389. The number of carbonyl (C=O) groups is 1. The van der Waals surface area contributed by atoms with E-state index < -0.39 is 15.1 Å². The summed E-state index contributed by atoms with van der Waals surface area (Å²) < 4.78 is 27.4. The molecule has 3 aromatic rings. The molecule has 0 atom stereocenters. The van der Waals surface area contributed by atoms with Gasteiger partial charge in [-0.25, -0.2) is 8.42 Å². The van der Waals surface area contributed by atoms with E-state index in [0.717, 1.165) is 15.8 Å². The molecule has 142 valence electrons. The Bertz CT molecular complexity index is 1200. The summed E-state index contributed by atoms with van der Waals surface area (Å²) in [4.78, 5) is 17.7. The quantitative estimate of drug-likeness (QED) is 0.669. The van der Waals surface area contributed by atoms with Crippen LogP contribution in [-0.4, -0.2) is 24.1 Å². The normalized spacial score (nSPS) is 12.9. The molecule has 0 bridgehead atoms. The lowest BCUT2D eigenvalue weighted by atomic mass is 10.1. The third-order valence-electron chi connectivity index (χ3n) is 4.48. The minimum Gasteiger partial charge on any atom is -0.319 e. The number of fused-ring (bicyclic) bond motifs is 1. The summed E-state index contributed by atoms with van der Waals surface area (Å²) >= 11 is 1.47. The molecule has 1 aromatic heterocycles. The van der Waals surface area contributed by atoms with Crippen molar-refractivity contribution in [3.05, 3.63) is 57.9 Å². The van der Waals surface area contributed by atoms with Crippen LogP contribution in [0.5, 0.6) is 0 Å². The van der Waals surface area contributed by atoms with E-state index >= 15 is 0 Å². The van der Waals surface area contributed by atoms with Gasteiger partial charge < -0.3 is 4.57 Å². The molecule has 0 aliphatic carbocycles. The molecular weight excluding hydrogens is 380 g/mol. The molecule has 0 N–H and O–H groups in total. The topological polar surface area (TPSA) is 68.5 Å². The number of rotatable bonds is 3. The fraction of sp³-hybridized carbons (Fsp3) is 0.300. The summed E-state index contributed by atoms with van der Waals surface area (Å²) in [6, 6.07) is 10.2. The van der Waals surface area contributed by atoms with Crippen LogP contribution in [0.3, 0.4) is 0 Å². The number of nitrogens with zero attached hydrogens (tertiary/aromatic N) is 2. The Morgan fingerprint density at radius 2 is 1.74 bits per heavy atom. The fourth-order valence-electron chi connectivity index (χ4n) is 3.00. The van der Waals surface area contributed by atoms with E-state index in [1.54, 1.807) is 13.8 Å². The van der Waals surface area contributed by atoms with E-state index in [1.165, 1.54) is 41.2 Å². The van der Waals surface area contributed by atoms with Crippen LogP contribution in [0.15, 0.2) is 46.3 Å². The van der Waals surface area contributed by atoms with E-state index in [-0.39, 0.29) is 10.8 Å². The second kappa shape index (κ2) is 7.05. The molecule has 2 aromatic carbocycles. The predicted molar refractivity (Wildman–Crippen MR) is 109 cm³/mol. The van der Waals surface area contributed by atoms with Crippen molar-refractivity contribution in [1.29, 1.82) is 0 Å². The summed E-state index contributed by atoms with van der Waals surface area (Å²) in [7, 11) is -1.46. The molecule has 0 saturated carbocycles. The van der Waals surface area contributed by atoms with E-state index in [2.05, 4.69) is 17.1 Å². The smallest absolute Gasteiger partial charge is 0.279 e. The predicted octanol–water partition coefficient (Wildman–Crippen LogP) is 3.78. The summed E-state index contributed by atoms with van der Waals surface area (Å²) in [5, 5.41) is -0.506. The third kappa shape index (κ3) is 3.61. The number of amides is 1. The Morgan fingerprint density at radius 3 is 2.33 bits per heavy atom. The third-order valence-corrected chi connectivity index (χ3v) is 7.73. The van der Waals surface area contributed by atoms with E-state index in [4.69, 9.17) is 0 Å². The van der Waals surface area contributed by atoms with Gasteiger partial charge in [0.05, 0.1) is 20.4 Å². The van der Waals surface area contributed by atoms with Gasteiger partial charge in [-0.1, -0.05) is 17.4 Å². The second-order valence-corrected chi connectivity index (χ2v) is 10.4. The molecular formula is C20H22N2O3S2. The lowest BCUT2D eigenvalue weighted by Crippen LogP contribution is -2.15. The highest BCUT2D eigenvalue weighted by Gasteiger charge is 2.19. The number of aryl methyl sites for hydroxylation is 3. The average molecular weight is 403 g/mol. The highest BCUT2D eigenvalue weighted by atomic mass is 32.2. The first-order chi connectivity index (χ1) is 12.6. The van der Waals surface area contributed by atoms with Crippen LogP contribution in [0.25, 0.3) is 10.2 Å². The number of hydrogen-bond donors (Lipinski definition) is 0. The minimum atomic E-state index is -3.36. The zero-order chi connectivity index (χ0) is 19.9. The largest absolute Gasteiger partial charge is 0.319 e. The molecule has 5 nitrogen and oxygen atoms in total. The molecule has 1 heterocycles. The molecule has 0 saturated heterocycles. The first-order valence-electron chi connectivity index (χ1n) is 8.61. The SMILES string of the molecule is Cc1cc(C)c2c(c1)sc(=NC(=O)c1ccc(S(=O)(=O)C(C)C)cc1)n2C. The molecule has 7 heteroatoms. The monoisotopic (exact) mass is 402 g/mol. The molecule has 1 amide bonds. The van der Waals surface area contributed by atoms with Gasteiger partial charge >= 0.3 is 0 Å². The van der Waals surface area contributed by atoms with Crippen LogP contribution in [0.2, 0.25) is 0 Å². The van der Waals surface area contributed by atoms with Crippen molar-refractivity contribution in [2.24, 2.45) is 12.0 Å². The summed E-state index contributed by atoms with van der Waals surface area (Å²) in [6.07, 6.45) is 0. The average Bonchev–Trinajstić information content (AvgIpc) is 2.90. The summed E-state index contributed by atoms with van der Waals surface area (Å²) in [6.45, 7) is 7.35. The van der Waals surface area contributed by atoms with Crippen LogP contribution >= 0.6 is 11.3 Å². The van der Waals surface area contributed by atoms with Crippen molar-refractivity contribution in [1.82, 2.24) is 4.57 Å². The van der Waals surface area contributed by atoms with Crippen LogP contribution in [0.1, 0.15) is 35.3 Å². The lowest BCUT2D eigenvalue weighted by Gasteiger charge is -2.07. The van der Waals surface area contributed by atoms with Crippen molar-refractivity contribution in [2.45, 2.75) is 37.8 Å². The van der Waals surface area contributed by atoms with Crippen molar-refractivity contribution in [3.8, 4) is 0 Å². The van der Waals surface area contributed by atoms with Gasteiger partial charge in [0.25, 0.3) is 5.91 Å². The van der Waals surface area contributed by atoms with Gasteiger partial charge in [-0.3, -0.25) is 4.79 Å². The van der Waals surface area contributed by atoms with Gasteiger partial charge in [0.15, 0.2) is 14.6 Å². The van der Waals surface area contributed by atoms with Gasteiger partial charge in [-0.15, -0.1) is 0 Å². The maximum absolute atomic E-state index is 12.6. The first-order valence-corrected chi connectivity index (χ1v) is 11.0. The number of thiazole rings is 1. The molecule has 0 aliphatic rings. The molecule has 27 heavy (non-hydrogen) atoms. The Morgan fingerprint density at radius 1 is 1.11 bits per heavy atom. The molecule has 0 aliphatic heterocycles. The first kappa shape index (κ1) is 19.5. The van der Waals surface area contributed by atoms with Crippen molar-refractivity contribution < 1.29 is 13.2 Å². The van der Waals surface area contributed by atoms with E-state index in [1.807, 2.05) is 25.5 Å². The van der Waals surface area contributed by atoms with Crippen LogP contribution < -0.4 is 4.80 Å². The lowest BCUT2D eigenvalue weighted by molar-refractivity contribution is 0.0998. The highest BCUT2D eigenvalue weighted by Crippen LogP contribution is 2.22. The Kier molecular flexibility index (Phi) is 5.10. The number of hydrogen-bond acceptors (Lipinski definition) is 4. The number of aromatic nitrogens is 1. The van der Waals surface area contributed by atoms with Crippen molar-refractivity contribution in [2.75, 3.05) is 0 Å². The second-order valence-electron chi connectivity index (χ2n) is 6.91. The fourth-order valence-corrected chi connectivity index (χ4v) is 5.25. The van der Waals surface area contributed by atoms with Gasteiger partial charge in [-0.05, 0) is 69.2 Å². The molecule has 0 fully saturated rings. The van der Waals surface area contributed by atoms with Gasteiger partial charge in [0, 0.05) is 12.6 Å². The maximum Gasteiger partial charge on any atom is 0.279 e. The number of benzene rings is 2. The zero-order valence-corrected chi connectivity index (χ0v) is 17.6. The molecule has 0 unspecified atom stereocenters. The highest BCUT2D eigenvalue weighted by molar-refractivity contribution is 7.92. The van der Waals surface area contributed by atoms with Crippen LogP contribution in [0.4, 0.5) is 0 Å². The maximum atomic E-state index is 12.6. The molecule has 0 radical (unpaired) electrons. The molecule has 0 spiro atoms. The van der Waals surface area contributed by atoms with Crippen LogP contribution in [0, 0.1) is 13.8 Å². The standard InChI is InChI=1S/C20H22N2O3S2/c1-12(2)27(24,25)16-8-6-15(7-9-16)19(23)21-20-22(5)18-14(4)10-13(3)11-17(18)26-20/h6-12H,1-5H3. The van der Waals surface area contributed by atoms with E-state index in [0.29, 0.717) is 10.4 Å². The number of carbonyl (C=O) groups excluding carboxylic acids is 1. The Balaban J connectivity index is 2.01. The van der Waals surface area contributed by atoms with Gasteiger partial charge in [0.2, 0.25) is 0 Å². The Labute approximate surface area is 162 Å².